The van der Waals surface area contributed by atoms with E-state index in [9.17, 15) is 4.79 Å². The average molecular weight is 361 g/mol. The molecule has 0 bridgehead atoms. The highest BCUT2D eigenvalue weighted by Gasteiger charge is 2.60. The fraction of sp³-hybridized carbons (Fsp3) is 0.941. The first kappa shape index (κ1) is 19.8. The van der Waals surface area contributed by atoms with Crippen molar-refractivity contribution in [2.24, 2.45) is 0 Å². The maximum absolute atomic E-state index is 11.1. The molecule has 6 nitrogen and oxygen atoms in total. The molecule has 24 heavy (non-hydrogen) atoms. The van der Waals surface area contributed by atoms with Gasteiger partial charge in [0.1, 0.15) is 31.0 Å². The number of rotatable bonds is 6. The van der Waals surface area contributed by atoms with Crippen molar-refractivity contribution >= 4 is 14.3 Å². The first-order chi connectivity index (χ1) is 10.9. The monoisotopic (exact) mass is 360 g/mol. The molecule has 0 N–H and O–H groups in total. The van der Waals surface area contributed by atoms with Gasteiger partial charge in [0, 0.05) is 6.92 Å². The number of carbonyl (C=O) groups excluding carboxylic acids is 1. The summed E-state index contributed by atoms with van der Waals surface area (Å²) < 4.78 is 29.4. The van der Waals surface area contributed by atoms with Crippen LogP contribution in [-0.4, -0.2) is 57.7 Å². The van der Waals surface area contributed by atoms with E-state index in [1.807, 2.05) is 13.8 Å². The van der Waals surface area contributed by atoms with Crippen molar-refractivity contribution in [3.05, 3.63) is 0 Å². The maximum Gasteiger partial charge on any atom is 0.302 e. The molecule has 0 radical (unpaired) electrons. The Morgan fingerprint density at radius 3 is 2.29 bits per heavy atom. The molecule has 5 atom stereocenters. The fourth-order valence-corrected chi connectivity index (χ4v) is 3.81. The van der Waals surface area contributed by atoms with Crippen molar-refractivity contribution in [1.82, 2.24) is 0 Å². The minimum atomic E-state index is -1.98. The quantitative estimate of drug-likeness (QED) is 0.412. The largest absolute Gasteiger partial charge is 0.463 e. The Labute approximate surface area is 146 Å². The molecule has 2 saturated heterocycles. The van der Waals surface area contributed by atoms with E-state index >= 15 is 0 Å². The Bertz CT molecular complexity index is 458. The smallest absolute Gasteiger partial charge is 0.302 e. The summed E-state index contributed by atoms with van der Waals surface area (Å²) in [5, 5.41) is 0.0916. The molecular weight excluding hydrogens is 328 g/mol. The molecule has 2 fully saturated rings. The van der Waals surface area contributed by atoms with Crippen LogP contribution in [0.2, 0.25) is 18.1 Å². The highest BCUT2D eigenvalue weighted by molar-refractivity contribution is 6.74. The third-order valence-electron chi connectivity index (χ3n) is 4.92. The van der Waals surface area contributed by atoms with Crippen LogP contribution >= 0.6 is 0 Å². The van der Waals surface area contributed by atoms with E-state index in [1.165, 1.54) is 6.92 Å². The molecule has 0 spiro atoms. The van der Waals surface area contributed by atoms with Crippen molar-refractivity contribution in [2.75, 3.05) is 6.61 Å². The van der Waals surface area contributed by atoms with Crippen LogP contribution in [0.15, 0.2) is 0 Å². The minimum Gasteiger partial charge on any atom is -0.463 e. The van der Waals surface area contributed by atoms with Gasteiger partial charge >= 0.3 is 5.97 Å². The number of ether oxygens (including phenoxy) is 4. The zero-order valence-electron chi connectivity index (χ0n) is 16.1. The summed E-state index contributed by atoms with van der Waals surface area (Å²) in [6.45, 7) is 16.5. The lowest BCUT2D eigenvalue weighted by Gasteiger charge is -2.42. The Balaban J connectivity index is 2.09. The zero-order chi connectivity index (χ0) is 18.3. The first-order valence-electron chi connectivity index (χ1n) is 8.70. The molecule has 2 heterocycles. The molecule has 2 aliphatic rings. The molecular formula is C17H32O6Si. The van der Waals surface area contributed by atoms with Gasteiger partial charge in [0.05, 0.1) is 6.10 Å². The number of esters is 1. The van der Waals surface area contributed by atoms with Crippen LogP contribution in [-0.2, 0) is 28.2 Å². The van der Waals surface area contributed by atoms with Gasteiger partial charge in [-0.2, -0.15) is 0 Å². The highest BCUT2D eigenvalue weighted by Crippen LogP contribution is 2.44. The molecule has 7 heteroatoms. The van der Waals surface area contributed by atoms with Crippen molar-refractivity contribution in [1.29, 1.82) is 0 Å². The summed E-state index contributed by atoms with van der Waals surface area (Å²) >= 11 is 0. The lowest BCUT2D eigenvalue weighted by atomic mass is 10.1. The van der Waals surface area contributed by atoms with Crippen LogP contribution in [0, 0.1) is 0 Å². The fourth-order valence-electron chi connectivity index (χ4n) is 2.53. The Morgan fingerprint density at radius 1 is 1.17 bits per heavy atom. The summed E-state index contributed by atoms with van der Waals surface area (Å²) in [5.41, 5.74) is 0. The summed E-state index contributed by atoms with van der Waals surface area (Å²) in [6.07, 6.45) is -1.20. The molecule has 0 saturated carbocycles. The van der Waals surface area contributed by atoms with Crippen LogP contribution < -0.4 is 0 Å². The van der Waals surface area contributed by atoms with Crippen molar-refractivity contribution in [2.45, 2.75) is 96.5 Å². The molecule has 2 rings (SSSR count). The van der Waals surface area contributed by atoms with Gasteiger partial charge in [-0.05, 0) is 32.0 Å². The number of hydrogen-bond donors (Lipinski definition) is 0. The van der Waals surface area contributed by atoms with E-state index in [-0.39, 0.29) is 48.1 Å². The molecule has 0 aromatic carbocycles. The maximum atomic E-state index is 11.1. The summed E-state index contributed by atoms with van der Waals surface area (Å²) in [4.78, 5) is 11.1. The van der Waals surface area contributed by atoms with E-state index in [0.717, 1.165) is 0 Å². The third-order valence-corrected chi connectivity index (χ3v) is 9.40. The van der Waals surface area contributed by atoms with Gasteiger partial charge in [-0.1, -0.05) is 20.8 Å². The second-order valence-corrected chi connectivity index (χ2v) is 13.2. The van der Waals surface area contributed by atoms with E-state index in [1.54, 1.807) is 0 Å². The van der Waals surface area contributed by atoms with Gasteiger partial charge in [0.2, 0.25) is 0 Å². The second kappa shape index (κ2) is 7.03. The summed E-state index contributed by atoms with van der Waals surface area (Å²) in [6, 6.07) is 0. The standard InChI is InChI=1S/C17H32O6Si/c1-10(2)20-16-15(23-24(7,8)17(4,5)6)14-13(22-14)12(21-16)9-19-11(3)18/h10,12-16H,9H2,1-8H3/t12-,13+,14+,15-,16+/m1/s1. The van der Waals surface area contributed by atoms with Gasteiger partial charge in [-0.25, -0.2) is 0 Å². The SMILES string of the molecule is CC(=O)OC[C@H]1O[C@H](OC(C)C)[C@H](O[Si](C)(C)C(C)(C)C)[C@H]2O[C@H]21. The van der Waals surface area contributed by atoms with Gasteiger partial charge in [-0.3, -0.25) is 4.79 Å². The number of fused-ring (bicyclic) bond motifs is 1. The Kier molecular flexibility index (Phi) is 5.82. The zero-order valence-corrected chi connectivity index (χ0v) is 17.1. The van der Waals surface area contributed by atoms with Crippen molar-refractivity contribution < 1.29 is 28.2 Å². The first-order valence-corrected chi connectivity index (χ1v) is 11.6. The lowest BCUT2D eigenvalue weighted by molar-refractivity contribution is -0.245. The average Bonchev–Trinajstić information content (AvgIpc) is 3.17. The molecule has 0 aromatic rings. The highest BCUT2D eigenvalue weighted by atomic mass is 28.4. The van der Waals surface area contributed by atoms with Gasteiger partial charge < -0.3 is 23.4 Å². The topological polar surface area (TPSA) is 66.5 Å². The van der Waals surface area contributed by atoms with E-state index in [2.05, 4.69) is 33.9 Å². The van der Waals surface area contributed by atoms with Crippen molar-refractivity contribution in [3.8, 4) is 0 Å². The number of epoxide rings is 1. The molecule has 0 aliphatic carbocycles. The third kappa shape index (κ3) is 4.57. The van der Waals surface area contributed by atoms with Gasteiger partial charge in [0.15, 0.2) is 14.6 Å². The van der Waals surface area contributed by atoms with Gasteiger partial charge in [-0.15, -0.1) is 0 Å². The van der Waals surface area contributed by atoms with Crippen LogP contribution in [0.1, 0.15) is 41.5 Å². The van der Waals surface area contributed by atoms with Crippen LogP contribution in [0.25, 0.3) is 0 Å². The van der Waals surface area contributed by atoms with E-state index in [4.69, 9.17) is 23.4 Å². The van der Waals surface area contributed by atoms with Crippen LogP contribution in [0.4, 0.5) is 0 Å². The Hall–Kier alpha value is -0.473. The summed E-state index contributed by atoms with van der Waals surface area (Å²) in [5.74, 6) is -0.322. The molecule has 0 unspecified atom stereocenters. The minimum absolute atomic E-state index is 0.00481. The van der Waals surface area contributed by atoms with E-state index < -0.39 is 14.6 Å². The Morgan fingerprint density at radius 2 is 1.79 bits per heavy atom. The molecule has 0 amide bonds. The van der Waals surface area contributed by atoms with Crippen LogP contribution in [0.5, 0.6) is 0 Å². The van der Waals surface area contributed by atoms with Gasteiger partial charge in [0.25, 0.3) is 0 Å². The summed E-state index contributed by atoms with van der Waals surface area (Å²) in [7, 11) is -1.98. The number of carbonyl (C=O) groups is 1. The predicted molar refractivity (Wildman–Crippen MR) is 92.2 cm³/mol. The number of hydrogen-bond acceptors (Lipinski definition) is 6. The lowest BCUT2D eigenvalue weighted by Crippen LogP contribution is -2.55. The second-order valence-electron chi connectivity index (χ2n) is 8.44. The normalized spacial score (nSPS) is 33.3. The molecule has 140 valence electrons. The molecule has 0 aromatic heterocycles. The predicted octanol–water partition coefficient (Wildman–Crippen LogP) is 2.86. The van der Waals surface area contributed by atoms with Crippen LogP contribution in [0.3, 0.4) is 0 Å². The van der Waals surface area contributed by atoms with E-state index in [0.29, 0.717) is 0 Å². The molecule has 2 aliphatic heterocycles. The van der Waals surface area contributed by atoms with Crippen molar-refractivity contribution in [3.63, 3.8) is 0 Å².